The number of nitrogens with one attached hydrogen (secondary N) is 2. The van der Waals surface area contributed by atoms with Crippen molar-refractivity contribution in [3.05, 3.63) is 30.1 Å². The number of pyridine rings is 1. The van der Waals surface area contributed by atoms with E-state index in [2.05, 4.69) is 29.5 Å². The number of hydrogen-bond acceptors (Lipinski definition) is 4. The van der Waals surface area contributed by atoms with Crippen LogP contribution in [0, 0.1) is 22.7 Å². The summed E-state index contributed by atoms with van der Waals surface area (Å²) in [5.41, 5.74) is 0.181. The normalized spacial score (nSPS) is 34.1. The molecule has 1 aromatic rings. The largest absolute Gasteiger partial charge is 0.390 e. The molecule has 6 heteroatoms. The molecule has 3 saturated carbocycles. The molecule has 0 unspecified atom stereocenters. The first-order chi connectivity index (χ1) is 14.6. The summed E-state index contributed by atoms with van der Waals surface area (Å²) in [4.78, 5) is 29.5. The quantitative estimate of drug-likeness (QED) is 0.622. The number of nitrogens with zero attached hydrogens (tertiary/aromatic N) is 1. The van der Waals surface area contributed by atoms with Gasteiger partial charge in [-0.1, -0.05) is 19.9 Å². The number of fused-ring (bicyclic) bond motifs is 1. The summed E-state index contributed by atoms with van der Waals surface area (Å²) in [5, 5.41) is 17.3. The van der Waals surface area contributed by atoms with E-state index >= 15 is 0 Å². The average molecular weight is 428 g/mol. The molecule has 3 N–H and O–H groups in total. The van der Waals surface area contributed by atoms with Crippen LogP contribution in [0.3, 0.4) is 0 Å². The molecule has 1 aromatic heterocycles. The van der Waals surface area contributed by atoms with Crippen LogP contribution in [0.5, 0.6) is 0 Å². The fraction of sp³-hybridized carbons (Fsp3) is 0.720. The average Bonchev–Trinajstić information content (AvgIpc) is 3.54. The van der Waals surface area contributed by atoms with Gasteiger partial charge in [-0.15, -0.1) is 0 Å². The summed E-state index contributed by atoms with van der Waals surface area (Å²) >= 11 is 0. The highest BCUT2D eigenvalue weighted by Crippen LogP contribution is 2.64. The van der Waals surface area contributed by atoms with Crippen molar-refractivity contribution in [2.24, 2.45) is 22.7 Å². The number of rotatable bonds is 7. The lowest BCUT2D eigenvalue weighted by Crippen LogP contribution is -2.53. The van der Waals surface area contributed by atoms with Crippen molar-refractivity contribution < 1.29 is 14.7 Å². The van der Waals surface area contributed by atoms with Gasteiger partial charge in [0, 0.05) is 37.3 Å². The first-order valence-corrected chi connectivity index (χ1v) is 11.8. The third-order valence-corrected chi connectivity index (χ3v) is 8.13. The first-order valence-electron chi connectivity index (χ1n) is 11.8. The molecule has 0 radical (unpaired) electrons. The Hall–Kier alpha value is -1.95. The smallest absolute Gasteiger partial charge is 0.223 e. The molecule has 6 nitrogen and oxygen atoms in total. The molecule has 4 atom stereocenters. The van der Waals surface area contributed by atoms with Crippen LogP contribution in [-0.4, -0.2) is 33.5 Å². The molecule has 4 rings (SSSR count). The predicted octanol–water partition coefficient (Wildman–Crippen LogP) is 3.34. The van der Waals surface area contributed by atoms with Crippen molar-refractivity contribution in [1.29, 1.82) is 0 Å². The lowest BCUT2D eigenvalue weighted by Gasteiger charge is -2.50. The van der Waals surface area contributed by atoms with Crippen LogP contribution >= 0.6 is 0 Å². The monoisotopic (exact) mass is 427 g/mol. The molecule has 170 valence electrons. The van der Waals surface area contributed by atoms with Gasteiger partial charge in [0.15, 0.2) is 0 Å². The molecule has 3 aliphatic rings. The highest BCUT2D eigenvalue weighted by atomic mass is 16.3. The van der Waals surface area contributed by atoms with E-state index in [1.165, 1.54) is 0 Å². The van der Waals surface area contributed by atoms with Crippen molar-refractivity contribution in [2.45, 2.75) is 90.3 Å². The third kappa shape index (κ3) is 4.79. The van der Waals surface area contributed by atoms with Crippen LogP contribution < -0.4 is 10.6 Å². The summed E-state index contributed by atoms with van der Waals surface area (Å²) in [5.74, 6) is 0.665. The van der Waals surface area contributed by atoms with Crippen LogP contribution in [-0.2, 0) is 16.1 Å². The maximum Gasteiger partial charge on any atom is 0.223 e. The van der Waals surface area contributed by atoms with Gasteiger partial charge in [0.25, 0.3) is 0 Å². The molecule has 0 bridgehead atoms. The Bertz CT molecular complexity index is 819. The minimum atomic E-state index is -0.677. The lowest BCUT2D eigenvalue weighted by molar-refractivity contribution is -0.126. The van der Waals surface area contributed by atoms with Crippen LogP contribution in [0.2, 0.25) is 0 Å². The standard InChI is InChI=1S/C25H37N3O3/c1-23(2)14-20(28-22(30)18-6-7-18)25(11-10-24(3,31)13-19(23)25)9-8-21(29)27-16-17-5-4-12-26-15-17/h4-5,12,15,18-20,31H,6-11,13-14,16H2,1-3H3,(H,27,29)(H,28,30)/t19-,20-,24+,25+/m0/s1. The van der Waals surface area contributed by atoms with Crippen LogP contribution in [0.1, 0.15) is 77.7 Å². The molecular weight excluding hydrogens is 390 g/mol. The van der Waals surface area contributed by atoms with Crippen molar-refractivity contribution in [3.8, 4) is 0 Å². The number of amides is 2. The fourth-order valence-corrected chi connectivity index (χ4v) is 6.21. The maximum atomic E-state index is 12.7. The Morgan fingerprint density at radius 3 is 2.65 bits per heavy atom. The van der Waals surface area contributed by atoms with E-state index in [0.29, 0.717) is 19.4 Å². The molecule has 3 aliphatic carbocycles. The van der Waals surface area contributed by atoms with Gasteiger partial charge in [-0.3, -0.25) is 14.6 Å². The van der Waals surface area contributed by atoms with Crippen molar-refractivity contribution in [3.63, 3.8) is 0 Å². The van der Waals surface area contributed by atoms with E-state index in [0.717, 1.165) is 44.1 Å². The predicted molar refractivity (Wildman–Crippen MR) is 119 cm³/mol. The zero-order valence-electron chi connectivity index (χ0n) is 19.1. The van der Waals surface area contributed by atoms with Gasteiger partial charge < -0.3 is 15.7 Å². The second-order valence-corrected chi connectivity index (χ2v) is 11.2. The Balaban J connectivity index is 1.48. The Morgan fingerprint density at radius 2 is 1.97 bits per heavy atom. The number of carbonyl (C=O) groups excluding carboxylic acids is 2. The van der Waals surface area contributed by atoms with Gasteiger partial charge in [0.2, 0.25) is 11.8 Å². The SMILES string of the molecule is CC1(C)C[C@H](NC(=O)C2CC2)[C@]2(CCC(=O)NCc3cccnc3)CC[C@@](C)(O)C[C@@H]12. The van der Waals surface area contributed by atoms with Crippen molar-refractivity contribution in [1.82, 2.24) is 15.6 Å². The fourth-order valence-electron chi connectivity index (χ4n) is 6.21. The molecule has 0 spiro atoms. The Labute approximate surface area is 185 Å². The number of hydrogen-bond donors (Lipinski definition) is 3. The minimum Gasteiger partial charge on any atom is -0.390 e. The van der Waals surface area contributed by atoms with Crippen LogP contribution in [0.25, 0.3) is 0 Å². The molecule has 2 amide bonds. The topological polar surface area (TPSA) is 91.3 Å². The lowest BCUT2D eigenvalue weighted by atomic mass is 9.57. The molecule has 3 fully saturated rings. The molecule has 31 heavy (non-hydrogen) atoms. The summed E-state index contributed by atoms with van der Waals surface area (Å²) in [7, 11) is 0. The van der Waals surface area contributed by atoms with Crippen molar-refractivity contribution >= 4 is 11.8 Å². The van der Waals surface area contributed by atoms with Gasteiger partial charge in [0.1, 0.15) is 0 Å². The van der Waals surface area contributed by atoms with Crippen molar-refractivity contribution in [2.75, 3.05) is 0 Å². The third-order valence-electron chi connectivity index (χ3n) is 8.13. The van der Waals surface area contributed by atoms with Crippen LogP contribution in [0.4, 0.5) is 0 Å². The minimum absolute atomic E-state index is 0.0120. The Morgan fingerprint density at radius 1 is 1.19 bits per heavy atom. The second kappa shape index (κ2) is 8.19. The first kappa shape index (κ1) is 22.3. The van der Waals surface area contributed by atoms with E-state index in [4.69, 9.17) is 0 Å². The molecular formula is C25H37N3O3. The molecule has 0 aromatic carbocycles. The van der Waals surface area contributed by atoms with E-state index < -0.39 is 5.60 Å². The van der Waals surface area contributed by atoms with Gasteiger partial charge in [-0.2, -0.15) is 0 Å². The van der Waals surface area contributed by atoms with Gasteiger partial charge in [-0.05, 0) is 80.2 Å². The van der Waals surface area contributed by atoms with Gasteiger partial charge >= 0.3 is 0 Å². The van der Waals surface area contributed by atoms with E-state index in [1.54, 1.807) is 12.4 Å². The summed E-state index contributed by atoms with van der Waals surface area (Å²) in [6.07, 6.45) is 9.84. The molecule has 0 aliphatic heterocycles. The zero-order valence-corrected chi connectivity index (χ0v) is 19.1. The van der Waals surface area contributed by atoms with E-state index in [1.807, 2.05) is 19.1 Å². The van der Waals surface area contributed by atoms with Gasteiger partial charge in [0.05, 0.1) is 5.60 Å². The molecule has 0 saturated heterocycles. The maximum absolute atomic E-state index is 12.7. The highest BCUT2D eigenvalue weighted by molar-refractivity contribution is 5.81. The summed E-state index contributed by atoms with van der Waals surface area (Å²) in [6.45, 7) is 6.94. The summed E-state index contributed by atoms with van der Waals surface area (Å²) in [6, 6.07) is 3.89. The number of carbonyl (C=O) groups is 2. The van der Waals surface area contributed by atoms with E-state index in [-0.39, 0.29) is 40.5 Å². The Kier molecular flexibility index (Phi) is 5.88. The number of aromatic nitrogens is 1. The van der Waals surface area contributed by atoms with E-state index in [9.17, 15) is 14.7 Å². The highest BCUT2D eigenvalue weighted by Gasteiger charge is 2.61. The second-order valence-electron chi connectivity index (χ2n) is 11.2. The zero-order chi connectivity index (χ0) is 22.3. The van der Waals surface area contributed by atoms with Crippen LogP contribution in [0.15, 0.2) is 24.5 Å². The molecule has 1 heterocycles. The van der Waals surface area contributed by atoms with Gasteiger partial charge in [-0.25, -0.2) is 0 Å². The summed E-state index contributed by atoms with van der Waals surface area (Å²) < 4.78 is 0. The number of aliphatic hydroxyl groups is 1.